The molecule has 0 radical (unpaired) electrons. The van der Waals surface area contributed by atoms with E-state index in [-0.39, 0.29) is 5.57 Å². The molecule has 0 aromatic carbocycles. The van der Waals surface area contributed by atoms with Gasteiger partial charge in [0.05, 0.1) is 6.61 Å². The van der Waals surface area contributed by atoms with Crippen LogP contribution < -0.4 is 5.32 Å². The van der Waals surface area contributed by atoms with Crippen molar-refractivity contribution in [3.63, 3.8) is 0 Å². The number of carbonyl (C=O) groups excluding carboxylic acids is 2. The van der Waals surface area contributed by atoms with Crippen LogP contribution in [0.1, 0.15) is 13.8 Å². The fourth-order valence-corrected chi connectivity index (χ4v) is 1.91. The molecule has 4 atom stereocenters. The predicted molar refractivity (Wildman–Crippen MR) is 68.5 cm³/mol. The highest BCUT2D eigenvalue weighted by molar-refractivity contribution is 5.78. The number of nitrogens with one attached hydrogen (secondary N) is 1. The lowest BCUT2D eigenvalue weighted by Crippen LogP contribution is -2.47. The van der Waals surface area contributed by atoms with Crippen molar-refractivity contribution in [1.29, 1.82) is 0 Å². The summed E-state index contributed by atoms with van der Waals surface area (Å²) < 4.78 is 5.41. The van der Waals surface area contributed by atoms with Gasteiger partial charge in [-0.2, -0.15) is 0 Å². The van der Waals surface area contributed by atoms with E-state index in [9.17, 15) is 24.9 Å². The second-order valence-corrected chi connectivity index (χ2v) is 4.87. The van der Waals surface area contributed by atoms with E-state index in [1.165, 1.54) is 27.1 Å². The molecule has 1 rings (SSSR count). The van der Waals surface area contributed by atoms with E-state index in [0.717, 1.165) is 4.90 Å². The average molecular weight is 288 g/mol. The number of aldehydes is 1. The normalized spacial score (nSPS) is 33.9. The van der Waals surface area contributed by atoms with Crippen LogP contribution >= 0.6 is 0 Å². The summed E-state index contributed by atoms with van der Waals surface area (Å²) in [5.41, 5.74) is -1.16. The van der Waals surface area contributed by atoms with E-state index in [2.05, 4.69) is 5.32 Å². The number of hydrogen-bond acceptors (Lipinski definition) is 6. The zero-order chi connectivity index (χ0) is 15.5. The lowest BCUT2D eigenvalue weighted by Gasteiger charge is -2.28. The third-order valence-corrected chi connectivity index (χ3v) is 3.20. The topological polar surface area (TPSA) is 119 Å². The molecule has 1 aliphatic rings. The quantitative estimate of drug-likeness (QED) is 0.371. The smallest absolute Gasteiger partial charge is 0.323 e. The molecule has 20 heavy (non-hydrogen) atoms. The Morgan fingerprint density at radius 2 is 2.10 bits per heavy atom. The first-order valence-corrected chi connectivity index (χ1v) is 6.09. The maximum Gasteiger partial charge on any atom is 0.323 e. The Bertz CT molecular complexity index is 413. The van der Waals surface area contributed by atoms with Crippen molar-refractivity contribution in [2.45, 2.75) is 37.9 Å². The molecule has 0 saturated carbocycles. The van der Waals surface area contributed by atoms with Gasteiger partial charge in [-0.25, -0.2) is 4.79 Å². The number of ether oxygens (including phenoxy) is 1. The molecule has 0 aromatic heterocycles. The first-order chi connectivity index (χ1) is 9.30. The molecule has 2 amide bonds. The largest absolute Gasteiger partial charge is 0.393 e. The van der Waals surface area contributed by atoms with E-state index in [4.69, 9.17) is 4.74 Å². The van der Waals surface area contributed by atoms with Gasteiger partial charge in [0.1, 0.15) is 24.1 Å². The lowest BCUT2D eigenvalue weighted by atomic mass is 9.98. The number of allylic oxidation sites excluding steroid dienone is 1. The van der Waals surface area contributed by atoms with Crippen molar-refractivity contribution in [3.05, 3.63) is 11.8 Å². The molecular weight excluding hydrogens is 268 g/mol. The monoisotopic (exact) mass is 288 g/mol. The number of nitrogens with zero attached hydrogens (tertiary/aromatic N) is 1. The molecule has 8 nitrogen and oxygen atoms in total. The highest BCUT2D eigenvalue weighted by Crippen LogP contribution is 2.32. The molecule has 0 unspecified atom stereocenters. The van der Waals surface area contributed by atoms with Gasteiger partial charge in [-0.15, -0.1) is 0 Å². The molecule has 4 N–H and O–H groups in total. The molecule has 0 aromatic rings. The van der Waals surface area contributed by atoms with Crippen LogP contribution in [-0.4, -0.2) is 70.2 Å². The third-order valence-electron chi connectivity index (χ3n) is 3.20. The summed E-state index contributed by atoms with van der Waals surface area (Å²) >= 11 is 0. The predicted octanol–water partition coefficient (Wildman–Crippen LogP) is -1.44. The van der Waals surface area contributed by atoms with Gasteiger partial charge in [-0.1, -0.05) is 0 Å². The number of amides is 2. The Hall–Kier alpha value is -1.48. The van der Waals surface area contributed by atoms with Gasteiger partial charge in [-0.05, 0) is 13.8 Å². The maximum atomic E-state index is 11.8. The molecule has 0 aliphatic carbocycles. The van der Waals surface area contributed by atoms with Crippen molar-refractivity contribution < 1.29 is 29.6 Å². The van der Waals surface area contributed by atoms with Gasteiger partial charge in [0, 0.05) is 18.8 Å². The maximum absolute atomic E-state index is 11.8. The second kappa shape index (κ2) is 6.31. The number of hydrogen-bond donors (Lipinski definition) is 4. The molecule has 0 spiro atoms. The fraction of sp³-hybridized carbons (Fsp3) is 0.667. The van der Waals surface area contributed by atoms with Gasteiger partial charge in [-0.3, -0.25) is 9.69 Å². The van der Waals surface area contributed by atoms with Crippen LogP contribution in [0.15, 0.2) is 11.8 Å². The molecule has 8 heteroatoms. The summed E-state index contributed by atoms with van der Waals surface area (Å²) in [5.74, 6) is 0. The Morgan fingerprint density at radius 3 is 2.50 bits per heavy atom. The first-order valence-electron chi connectivity index (χ1n) is 6.09. The number of urea groups is 1. The summed E-state index contributed by atoms with van der Waals surface area (Å²) in [4.78, 5) is 23.5. The Morgan fingerprint density at radius 1 is 1.50 bits per heavy atom. The van der Waals surface area contributed by atoms with Gasteiger partial charge in [0.15, 0.2) is 6.23 Å². The standard InChI is InChI=1S/C12H20N2O6/c1-7(5-15)4-14(11(19)13-3)10-8(17)9(18)12(2,6-16)20-10/h4-5,8-10,16-18H,6H2,1-3H3,(H,13,19)/b7-4-/t8-,9+,10-,12-/m1/s1. The Labute approximate surface area is 116 Å². The van der Waals surface area contributed by atoms with Crippen molar-refractivity contribution in [2.24, 2.45) is 0 Å². The zero-order valence-corrected chi connectivity index (χ0v) is 11.6. The summed E-state index contributed by atoms with van der Waals surface area (Å²) in [6, 6.07) is -0.621. The average Bonchev–Trinajstić information content (AvgIpc) is 2.68. The minimum absolute atomic E-state index is 0.233. The van der Waals surface area contributed by atoms with Crippen LogP contribution in [0, 0.1) is 0 Å². The Balaban J connectivity index is 3.10. The van der Waals surface area contributed by atoms with E-state index < -0.39 is 36.7 Å². The van der Waals surface area contributed by atoms with E-state index in [1.54, 1.807) is 0 Å². The SMILES string of the molecule is CNC(=O)N(/C=C(/C)C=O)[C@@H]1O[C@](C)(CO)[C@@H](O)[C@H]1O. The van der Waals surface area contributed by atoms with Crippen LogP contribution in [0.3, 0.4) is 0 Å². The second-order valence-electron chi connectivity index (χ2n) is 4.87. The fourth-order valence-electron chi connectivity index (χ4n) is 1.91. The number of carbonyl (C=O) groups is 2. The van der Waals surface area contributed by atoms with Crippen molar-refractivity contribution in [3.8, 4) is 0 Å². The number of rotatable bonds is 4. The minimum atomic E-state index is -1.42. The number of aliphatic hydroxyl groups is 3. The molecule has 1 aliphatic heterocycles. The van der Waals surface area contributed by atoms with Crippen LogP contribution in [0.5, 0.6) is 0 Å². The Kier molecular flexibility index (Phi) is 5.23. The van der Waals surface area contributed by atoms with E-state index in [1.807, 2.05) is 0 Å². The van der Waals surface area contributed by atoms with Crippen molar-refractivity contribution in [2.75, 3.05) is 13.7 Å². The molecule has 1 saturated heterocycles. The van der Waals surface area contributed by atoms with Gasteiger partial charge in [0.25, 0.3) is 0 Å². The van der Waals surface area contributed by atoms with Crippen LogP contribution in [0.4, 0.5) is 4.79 Å². The van der Waals surface area contributed by atoms with E-state index >= 15 is 0 Å². The summed E-state index contributed by atoms with van der Waals surface area (Å²) in [5, 5.41) is 31.5. The van der Waals surface area contributed by atoms with Gasteiger partial charge >= 0.3 is 6.03 Å². The van der Waals surface area contributed by atoms with Gasteiger partial charge < -0.3 is 25.4 Å². The van der Waals surface area contributed by atoms with Crippen molar-refractivity contribution in [1.82, 2.24) is 10.2 Å². The molecule has 114 valence electrons. The highest BCUT2D eigenvalue weighted by Gasteiger charge is 2.53. The zero-order valence-electron chi connectivity index (χ0n) is 11.6. The lowest BCUT2D eigenvalue weighted by molar-refractivity contribution is -0.121. The molecule has 1 fully saturated rings. The minimum Gasteiger partial charge on any atom is -0.393 e. The van der Waals surface area contributed by atoms with Crippen LogP contribution in [0.2, 0.25) is 0 Å². The number of aliphatic hydroxyl groups excluding tert-OH is 3. The highest BCUT2D eigenvalue weighted by atomic mass is 16.6. The molecule has 0 bridgehead atoms. The third kappa shape index (κ3) is 2.98. The summed E-state index contributed by atoms with van der Waals surface area (Å²) in [6.45, 7) is 2.37. The van der Waals surface area contributed by atoms with Crippen LogP contribution in [-0.2, 0) is 9.53 Å². The summed E-state index contributed by atoms with van der Waals surface area (Å²) in [6.07, 6.45) is -2.25. The van der Waals surface area contributed by atoms with Gasteiger partial charge in [0.2, 0.25) is 0 Å². The first kappa shape index (κ1) is 16.6. The van der Waals surface area contributed by atoms with Crippen molar-refractivity contribution >= 4 is 12.3 Å². The van der Waals surface area contributed by atoms with E-state index in [0.29, 0.717) is 6.29 Å². The molecular formula is C12H20N2O6. The summed E-state index contributed by atoms with van der Waals surface area (Å²) in [7, 11) is 1.38. The molecule has 1 heterocycles. The van der Waals surface area contributed by atoms with Crippen LogP contribution in [0.25, 0.3) is 0 Å².